The van der Waals surface area contributed by atoms with Crippen LogP contribution in [0.2, 0.25) is 0 Å². The molecule has 4 N–H and O–H groups in total. The van der Waals surface area contributed by atoms with E-state index in [4.69, 9.17) is 10.8 Å². The van der Waals surface area contributed by atoms with Gasteiger partial charge in [0.1, 0.15) is 6.04 Å². The highest BCUT2D eigenvalue weighted by Crippen LogP contribution is 2.15. The molecule has 0 aliphatic rings. The number of nitrogens with zero attached hydrogens (tertiary/aromatic N) is 3. The molecule has 0 bridgehead atoms. The maximum atomic E-state index is 12.2. The molecule has 1 rings (SSSR count). The number of amides is 1. The predicted molar refractivity (Wildman–Crippen MR) is 72.1 cm³/mol. The van der Waals surface area contributed by atoms with Crippen LogP contribution in [-0.2, 0) is 11.3 Å². The summed E-state index contributed by atoms with van der Waals surface area (Å²) in [6, 6.07) is -0.681. The number of hydrogen-bond acceptors (Lipinski definition) is 5. The Morgan fingerprint density at radius 3 is 2.55 bits per heavy atom. The molecule has 1 aromatic heterocycles. The molecule has 0 radical (unpaired) electrons. The lowest BCUT2D eigenvalue weighted by Crippen LogP contribution is -2.46. The van der Waals surface area contributed by atoms with Gasteiger partial charge in [-0.2, -0.15) is 0 Å². The van der Waals surface area contributed by atoms with E-state index in [1.165, 1.54) is 4.68 Å². The molecule has 0 aliphatic carbocycles. The third-order valence-electron chi connectivity index (χ3n) is 3.28. The van der Waals surface area contributed by atoms with Crippen LogP contribution in [0.25, 0.3) is 0 Å². The first kappa shape index (κ1) is 16.1. The third-order valence-corrected chi connectivity index (χ3v) is 3.28. The third kappa shape index (κ3) is 3.32. The van der Waals surface area contributed by atoms with E-state index in [0.29, 0.717) is 0 Å². The lowest BCUT2D eigenvalue weighted by atomic mass is 10.0. The summed E-state index contributed by atoms with van der Waals surface area (Å²) in [5, 5.41) is 19.2. The minimum atomic E-state index is -1.21. The van der Waals surface area contributed by atoms with Crippen LogP contribution in [0.1, 0.15) is 56.3 Å². The fourth-order valence-electron chi connectivity index (χ4n) is 1.62. The highest BCUT2D eigenvalue weighted by molar-refractivity contribution is 5.87. The van der Waals surface area contributed by atoms with E-state index in [-0.39, 0.29) is 29.4 Å². The number of rotatable bonds is 6. The van der Waals surface area contributed by atoms with Crippen molar-refractivity contribution < 1.29 is 14.7 Å². The second kappa shape index (κ2) is 6.00. The van der Waals surface area contributed by atoms with Gasteiger partial charge in [-0.3, -0.25) is 4.79 Å². The first-order valence-electron chi connectivity index (χ1n) is 6.43. The van der Waals surface area contributed by atoms with Gasteiger partial charge in [-0.1, -0.05) is 12.1 Å². The highest BCUT2D eigenvalue weighted by atomic mass is 16.4. The molecule has 1 heterocycles. The summed E-state index contributed by atoms with van der Waals surface area (Å²) < 4.78 is 1.25. The molecular weight excluding hydrogens is 262 g/mol. The minimum Gasteiger partial charge on any atom is -0.476 e. The van der Waals surface area contributed by atoms with Gasteiger partial charge in [-0.15, -0.1) is 5.10 Å². The zero-order valence-electron chi connectivity index (χ0n) is 12.2. The molecule has 8 heteroatoms. The maximum absolute atomic E-state index is 12.2. The van der Waals surface area contributed by atoms with E-state index in [1.54, 1.807) is 6.92 Å². The first-order valence-corrected chi connectivity index (χ1v) is 6.43. The van der Waals surface area contributed by atoms with Crippen molar-refractivity contribution in [3.63, 3.8) is 0 Å². The number of nitrogens with one attached hydrogen (secondary N) is 1. The number of carbonyl (C=O) groups is 2. The molecule has 8 nitrogen and oxygen atoms in total. The Morgan fingerprint density at radius 1 is 1.50 bits per heavy atom. The lowest BCUT2D eigenvalue weighted by molar-refractivity contribution is -0.125. The average molecular weight is 283 g/mol. The van der Waals surface area contributed by atoms with E-state index in [9.17, 15) is 9.59 Å². The number of carboxylic acid groups (broad SMARTS) is 1. The summed E-state index contributed by atoms with van der Waals surface area (Å²) in [5.74, 6) is -1.47. The van der Waals surface area contributed by atoms with Crippen LogP contribution >= 0.6 is 0 Å². The molecule has 0 aliphatic heterocycles. The van der Waals surface area contributed by atoms with Crippen molar-refractivity contribution >= 4 is 11.9 Å². The Labute approximate surface area is 117 Å². The Balaban J connectivity index is 3.00. The van der Waals surface area contributed by atoms with Crippen LogP contribution < -0.4 is 11.1 Å². The van der Waals surface area contributed by atoms with Crippen LogP contribution in [0.4, 0.5) is 0 Å². The summed E-state index contributed by atoms with van der Waals surface area (Å²) in [4.78, 5) is 23.2. The van der Waals surface area contributed by atoms with Crippen molar-refractivity contribution in [2.24, 2.45) is 5.73 Å². The highest BCUT2D eigenvalue weighted by Gasteiger charge is 2.27. The van der Waals surface area contributed by atoms with Crippen molar-refractivity contribution in [3.05, 3.63) is 11.4 Å². The molecule has 1 amide bonds. The fourth-order valence-corrected chi connectivity index (χ4v) is 1.62. The molecule has 0 aromatic carbocycles. The number of carboxylic acids is 1. The quantitative estimate of drug-likeness (QED) is 0.690. The number of carbonyl (C=O) groups excluding carboxylic acids is 1. The van der Waals surface area contributed by atoms with E-state index < -0.39 is 12.0 Å². The Hall–Kier alpha value is -1.96. The first-order chi connectivity index (χ1) is 9.23. The largest absolute Gasteiger partial charge is 0.476 e. The van der Waals surface area contributed by atoms with Crippen molar-refractivity contribution in [3.8, 4) is 0 Å². The van der Waals surface area contributed by atoms with Gasteiger partial charge in [-0.25, -0.2) is 9.48 Å². The van der Waals surface area contributed by atoms with Gasteiger partial charge in [0.2, 0.25) is 5.91 Å². The van der Waals surface area contributed by atoms with Gasteiger partial charge in [0.25, 0.3) is 0 Å². The van der Waals surface area contributed by atoms with Crippen LogP contribution in [-0.4, -0.2) is 37.5 Å². The van der Waals surface area contributed by atoms with Crippen molar-refractivity contribution in [1.29, 1.82) is 0 Å². The topological polar surface area (TPSA) is 123 Å². The van der Waals surface area contributed by atoms with Gasteiger partial charge >= 0.3 is 5.97 Å². The molecule has 1 aromatic rings. The molecule has 0 spiro atoms. The Kier molecular flexibility index (Phi) is 4.83. The number of nitrogens with two attached hydrogens (primary N) is 1. The summed E-state index contributed by atoms with van der Waals surface area (Å²) in [6.45, 7) is 7.36. The standard InChI is InChI=1S/C12H21N5O3/c1-5-12(3,4)14-10(18)7(2)17-8(6-13)9(11(19)20)15-16-17/h7H,5-6,13H2,1-4H3,(H,14,18)(H,19,20). The van der Waals surface area contributed by atoms with E-state index in [0.717, 1.165) is 6.42 Å². The zero-order chi connectivity index (χ0) is 15.5. The number of hydrogen-bond donors (Lipinski definition) is 3. The number of aromatic nitrogens is 3. The van der Waals surface area contributed by atoms with E-state index in [2.05, 4.69) is 15.6 Å². The second-order valence-electron chi connectivity index (χ2n) is 5.24. The predicted octanol–water partition coefficient (Wildman–Crippen LogP) is 0.301. The molecule has 0 saturated heterocycles. The van der Waals surface area contributed by atoms with Gasteiger partial charge in [0, 0.05) is 12.1 Å². The molecule has 1 unspecified atom stereocenters. The van der Waals surface area contributed by atoms with Gasteiger partial charge in [0.05, 0.1) is 5.69 Å². The van der Waals surface area contributed by atoms with Gasteiger partial charge in [0.15, 0.2) is 5.69 Å². The molecule has 112 valence electrons. The van der Waals surface area contributed by atoms with Crippen LogP contribution in [0.15, 0.2) is 0 Å². The summed E-state index contributed by atoms with van der Waals surface area (Å²) in [5.41, 5.74) is 5.20. The van der Waals surface area contributed by atoms with Crippen LogP contribution in [0.5, 0.6) is 0 Å². The van der Waals surface area contributed by atoms with Crippen LogP contribution in [0, 0.1) is 0 Å². The van der Waals surface area contributed by atoms with Crippen LogP contribution in [0.3, 0.4) is 0 Å². The second-order valence-corrected chi connectivity index (χ2v) is 5.24. The van der Waals surface area contributed by atoms with E-state index in [1.807, 2.05) is 20.8 Å². The summed E-state index contributed by atoms with van der Waals surface area (Å²) >= 11 is 0. The van der Waals surface area contributed by atoms with Crippen molar-refractivity contribution in [2.45, 2.75) is 52.2 Å². The fraction of sp³-hybridized carbons (Fsp3) is 0.667. The normalized spacial score (nSPS) is 13.1. The zero-order valence-corrected chi connectivity index (χ0v) is 12.2. The summed E-state index contributed by atoms with van der Waals surface area (Å²) in [6.07, 6.45) is 0.771. The maximum Gasteiger partial charge on any atom is 0.358 e. The van der Waals surface area contributed by atoms with Gasteiger partial charge < -0.3 is 16.2 Å². The molecule has 20 heavy (non-hydrogen) atoms. The number of aromatic carboxylic acids is 1. The Bertz CT molecular complexity index is 509. The van der Waals surface area contributed by atoms with Crippen molar-refractivity contribution in [2.75, 3.05) is 0 Å². The molecule has 0 saturated carbocycles. The molecule has 1 atom stereocenters. The van der Waals surface area contributed by atoms with Crippen molar-refractivity contribution in [1.82, 2.24) is 20.3 Å². The lowest BCUT2D eigenvalue weighted by Gasteiger charge is -2.26. The molecule has 0 fully saturated rings. The monoisotopic (exact) mass is 283 g/mol. The average Bonchev–Trinajstić information content (AvgIpc) is 2.80. The SMILES string of the molecule is CCC(C)(C)NC(=O)C(C)n1nnc(C(=O)O)c1CN. The Morgan fingerprint density at radius 2 is 2.10 bits per heavy atom. The molecular formula is C12H21N5O3. The van der Waals surface area contributed by atoms with E-state index >= 15 is 0 Å². The smallest absolute Gasteiger partial charge is 0.358 e. The minimum absolute atomic E-state index is 0.0522. The van der Waals surface area contributed by atoms with Gasteiger partial charge in [-0.05, 0) is 27.2 Å². The summed E-state index contributed by atoms with van der Waals surface area (Å²) in [7, 11) is 0.